The summed E-state index contributed by atoms with van der Waals surface area (Å²) in [6.45, 7) is 0.386. The molecule has 0 saturated carbocycles. The average Bonchev–Trinajstić information content (AvgIpc) is 2.81. The summed E-state index contributed by atoms with van der Waals surface area (Å²) in [5.74, 6) is 2.08. The van der Waals surface area contributed by atoms with Crippen molar-refractivity contribution < 1.29 is 4.39 Å². The number of hydrogen-bond donors (Lipinski definition) is 1. The Balaban J connectivity index is 2.30. The second-order valence-electron chi connectivity index (χ2n) is 4.08. The average molecular weight is 240 g/mol. The highest BCUT2D eigenvalue weighted by Crippen LogP contribution is 2.30. The van der Waals surface area contributed by atoms with Gasteiger partial charge in [-0.3, -0.25) is 0 Å². The number of benzene rings is 1. The maximum atomic E-state index is 13.8. The van der Waals surface area contributed by atoms with Crippen molar-refractivity contribution in [1.82, 2.24) is 0 Å². The lowest BCUT2D eigenvalue weighted by Gasteiger charge is -2.28. The van der Waals surface area contributed by atoms with Crippen LogP contribution in [0.3, 0.4) is 0 Å². The minimum atomic E-state index is -0.164. The van der Waals surface area contributed by atoms with Crippen LogP contribution in [-0.2, 0) is 6.54 Å². The van der Waals surface area contributed by atoms with Crippen molar-refractivity contribution in [3.63, 3.8) is 0 Å². The molecule has 1 atom stereocenters. The Kier molecular flexibility index (Phi) is 3.71. The summed E-state index contributed by atoms with van der Waals surface area (Å²) in [5, 5.41) is 0. The predicted molar refractivity (Wildman–Crippen MR) is 68.4 cm³/mol. The lowest BCUT2D eigenvalue weighted by Crippen LogP contribution is -2.33. The lowest BCUT2D eigenvalue weighted by molar-refractivity contribution is 0.604. The Bertz CT molecular complexity index is 364. The zero-order valence-electron chi connectivity index (χ0n) is 9.45. The van der Waals surface area contributed by atoms with Gasteiger partial charge in [-0.15, -0.1) is 0 Å². The SMILES string of the molecule is CN(c1c(F)cccc1CN)C1CCSC1. The quantitative estimate of drug-likeness (QED) is 0.878. The van der Waals surface area contributed by atoms with E-state index in [0.717, 1.165) is 17.7 Å². The summed E-state index contributed by atoms with van der Waals surface area (Å²) in [6, 6.07) is 5.56. The molecule has 1 fully saturated rings. The summed E-state index contributed by atoms with van der Waals surface area (Å²) in [4.78, 5) is 2.05. The number of hydrogen-bond acceptors (Lipinski definition) is 3. The zero-order chi connectivity index (χ0) is 11.5. The zero-order valence-corrected chi connectivity index (χ0v) is 10.3. The Hall–Kier alpha value is -0.740. The second kappa shape index (κ2) is 5.06. The number of nitrogens with zero attached hydrogens (tertiary/aromatic N) is 1. The van der Waals surface area contributed by atoms with E-state index in [2.05, 4.69) is 4.90 Å². The molecule has 0 radical (unpaired) electrons. The molecule has 2 nitrogen and oxygen atoms in total. The molecule has 16 heavy (non-hydrogen) atoms. The molecular weight excluding hydrogens is 223 g/mol. The van der Waals surface area contributed by atoms with Crippen LogP contribution < -0.4 is 10.6 Å². The summed E-state index contributed by atoms with van der Waals surface area (Å²) in [5.41, 5.74) is 7.22. The first-order valence-corrected chi connectivity index (χ1v) is 6.67. The van der Waals surface area contributed by atoms with Crippen molar-refractivity contribution in [1.29, 1.82) is 0 Å². The lowest BCUT2D eigenvalue weighted by atomic mass is 10.1. The van der Waals surface area contributed by atoms with E-state index in [-0.39, 0.29) is 5.82 Å². The Morgan fingerprint density at radius 2 is 2.38 bits per heavy atom. The van der Waals surface area contributed by atoms with Crippen molar-refractivity contribution in [2.24, 2.45) is 5.73 Å². The highest BCUT2D eigenvalue weighted by atomic mass is 32.2. The fourth-order valence-electron chi connectivity index (χ4n) is 2.13. The molecule has 4 heteroatoms. The number of nitrogens with two attached hydrogens (primary N) is 1. The third-order valence-electron chi connectivity index (χ3n) is 3.10. The first kappa shape index (κ1) is 11.7. The van der Waals surface area contributed by atoms with E-state index >= 15 is 0 Å². The van der Waals surface area contributed by atoms with Crippen molar-refractivity contribution in [3.8, 4) is 0 Å². The summed E-state index contributed by atoms with van der Waals surface area (Å²) in [7, 11) is 1.97. The van der Waals surface area contributed by atoms with Crippen molar-refractivity contribution in [3.05, 3.63) is 29.6 Å². The summed E-state index contributed by atoms with van der Waals surface area (Å²) in [6.07, 6.45) is 1.12. The molecule has 1 unspecified atom stereocenters. The number of halogens is 1. The first-order valence-electron chi connectivity index (χ1n) is 5.52. The number of thioether (sulfide) groups is 1. The van der Waals surface area contributed by atoms with Gasteiger partial charge in [0.25, 0.3) is 0 Å². The van der Waals surface area contributed by atoms with Crippen LogP contribution in [0.1, 0.15) is 12.0 Å². The molecule has 1 aliphatic heterocycles. The first-order chi connectivity index (χ1) is 7.74. The predicted octanol–water partition coefficient (Wildman–Crippen LogP) is 2.23. The second-order valence-corrected chi connectivity index (χ2v) is 5.23. The van der Waals surface area contributed by atoms with Crippen LogP contribution in [-0.4, -0.2) is 24.6 Å². The molecule has 0 spiro atoms. The molecule has 1 aromatic carbocycles. The Morgan fingerprint density at radius 3 is 3.00 bits per heavy atom. The molecule has 2 rings (SSSR count). The smallest absolute Gasteiger partial charge is 0.146 e. The Labute approximate surface area is 100 Å². The molecule has 1 saturated heterocycles. The van der Waals surface area contributed by atoms with Crippen LogP contribution in [0.4, 0.5) is 10.1 Å². The largest absolute Gasteiger partial charge is 0.368 e. The van der Waals surface area contributed by atoms with E-state index in [1.165, 1.54) is 11.8 Å². The van der Waals surface area contributed by atoms with Crippen LogP contribution in [0.5, 0.6) is 0 Å². The molecule has 1 aliphatic rings. The van der Waals surface area contributed by atoms with Gasteiger partial charge in [0.2, 0.25) is 0 Å². The topological polar surface area (TPSA) is 29.3 Å². The minimum Gasteiger partial charge on any atom is -0.368 e. The van der Waals surface area contributed by atoms with Gasteiger partial charge in [0.05, 0.1) is 5.69 Å². The molecule has 0 aromatic heterocycles. The molecular formula is C12H17FN2S. The van der Waals surface area contributed by atoms with E-state index in [4.69, 9.17) is 5.73 Å². The third-order valence-corrected chi connectivity index (χ3v) is 4.24. The van der Waals surface area contributed by atoms with Crippen LogP contribution in [0.25, 0.3) is 0 Å². The molecule has 1 aromatic rings. The highest BCUT2D eigenvalue weighted by Gasteiger charge is 2.23. The molecule has 0 amide bonds. The van der Waals surface area contributed by atoms with E-state index in [1.807, 2.05) is 24.9 Å². The molecule has 0 aliphatic carbocycles. The van der Waals surface area contributed by atoms with Crippen molar-refractivity contribution >= 4 is 17.4 Å². The normalized spacial score (nSPS) is 20.1. The minimum absolute atomic E-state index is 0.164. The molecule has 1 heterocycles. The van der Waals surface area contributed by atoms with E-state index in [0.29, 0.717) is 18.3 Å². The third kappa shape index (κ3) is 2.18. The van der Waals surface area contributed by atoms with Crippen molar-refractivity contribution in [2.45, 2.75) is 19.0 Å². The van der Waals surface area contributed by atoms with E-state index in [1.54, 1.807) is 6.07 Å². The maximum Gasteiger partial charge on any atom is 0.146 e. The van der Waals surface area contributed by atoms with E-state index < -0.39 is 0 Å². The monoisotopic (exact) mass is 240 g/mol. The van der Waals surface area contributed by atoms with Gasteiger partial charge in [0.1, 0.15) is 5.82 Å². The van der Waals surface area contributed by atoms with E-state index in [9.17, 15) is 4.39 Å². The van der Waals surface area contributed by atoms with Gasteiger partial charge in [0.15, 0.2) is 0 Å². The Morgan fingerprint density at radius 1 is 1.56 bits per heavy atom. The molecule has 0 bridgehead atoms. The van der Waals surface area contributed by atoms with Crippen LogP contribution in [0.2, 0.25) is 0 Å². The van der Waals surface area contributed by atoms with Crippen molar-refractivity contribution in [2.75, 3.05) is 23.5 Å². The highest BCUT2D eigenvalue weighted by molar-refractivity contribution is 7.99. The molecule has 88 valence electrons. The molecule has 2 N–H and O–H groups in total. The summed E-state index contributed by atoms with van der Waals surface area (Å²) >= 11 is 1.93. The van der Waals surface area contributed by atoms with Gasteiger partial charge in [-0.25, -0.2) is 4.39 Å². The van der Waals surface area contributed by atoms with Gasteiger partial charge in [-0.2, -0.15) is 11.8 Å². The fourth-order valence-corrected chi connectivity index (χ4v) is 3.40. The van der Waals surface area contributed by atoms with Crippen LogP contribution >= 0.6 is 11.8 Å². The fraction of sp³-hybridized carbons (Fsp3) is 0.500. The standard InChI is InChI=1S/C12H17FN2S/c1-15(10-5-6-16-8-10)12-9(7-14)3-2-4-11(12)13/h2-4,10H,5-8,14H2,1H3. The van der Waals surface area contributed by atoms with Gasteiger partial charge in [-0.1, -0.05) is 12.1 Å². The van der Waals surface area contributed by atoms with Gasteiger partial charge < -0.3 is 10.6 Å². The van der Waals surface area contributed by atoms with Gasteiger partial charge in [-0.05, 0) is 23.8 Å². The number of rotatable bonds is 3. The van der Waals surface area contributed by atoms with Gasteiger partial charge in [0, 0.05) is 25.4 Å². The van der Waals surface area contributed by atoms with Crippen LogP contribution in [0.15, 0.2) is 18.2 Å². The summed E-state index contributed by atoms with van der Waals surface area (Å²) < 4.78 is 13.8. The maximum absolute atomic E-state index is 13.8. The number of para-hydroxylation sites is 1. The van der Waals surface area contributed by atoms with Crippen LogP contribution in [0, 0.1) is 5.82 Å². The number of anilines is 1. The van der Waals surface area contributed by atoms with Gasteiger partial charge >= 0.3 is 0 Å².